The van der Waals surface area contributed by atoms with Crippen molar-refractivity contribution in [3.63, 3.8) is 0 Å². The Morgan fingerprint density at radius 3 is 2.71 bits per heavy atom. The van der Waals surface area contributed by atoms with E-state index in [2.05, 4.69) is 10.3 Å². The topological polar surface area (TPSA) is 68.3 Å². The average molecular weight is 344 g/mol. The number of aromatic nitrogens is 1. The van der Waals surface area contributed by atoms with Crippen molar-refractivity contribution in [3.05, 3.63) is 58.1 Å². The van der Waals surface area contributed by atoms with Crippen LogP contribution >= 0.6 is 11.3 Å². The molecule has 0 aliphatic rings. The summed E-state index contributed by atoms with van der Waals surface area (Å²) < 4.78 is 5.06. The summed E-state index contributed by atoms with van der Waals surface area (Å²) in [5, 5.41) is 3.64. The smallest absolute Gasteiger partial charge is 0.328 e. The maximum Gasteiger partial charge on any atom is 0.328 e. The molecule has 0 spiro atoms. The Hall–Kier alpha value is -2.47. The number of nitrogens with one attached hydrogen (secondary N) is 1. The lowest BCUT2D eigenvalue weighted by molar-refractivity contribution is -0.146. The molecule has 0 bridgehead atoms. The summed E-state index contributed by atoms with van der Waals surface area (Å²) in [5.41, 5.74) is 0.956. The molecule has 1 N–H and O–H groups in total. The molecule has 0 radical (unpaired) electrons. The van der Waals surface area contributed by atoms with Gasteiger partial charge in [0.25, 0.3) is 0 Å². The molecule has 0 saturated carbocycles. The van der Waals surface area contributed by atoms with E-state index in [1.807, 2.05) is 37.3 Å². The summed E-state index contributed by atoms with van der Waals surface area (Å²) in [6, 6.07) is 8.80. The van der Waals surface area contributed by atoms with Crippen molar-refractivity contribution >= 4 is 29.3 Å². The Balaban J connectivity index is 2.02. The second-order valence-electron chi connectivity index (χ2n) is 5.12. The van der Waals surface area contributed by atoms with E-state index >= 15 is 0 Å². The third kappa shape index (κ3) is 5.62. The molecular weight excluding hydrogens is 324 g/mol. The number of hydrogen-bond donors (Lipinski definition) is 1. The number of nitrogens with zero attached hydrogens (tertiary/aromatic N) is 1. The van der Waals surface area contributed by atoms with E-state index in [1.165, 1.54) is 17.4 Å². The average Bonchev–Trinajstić information content (AvgIpc) is 2.99. The van der Waals surface area contributed by atoms with Crippen LogP contribution in [-0.4, -0.2) is 29.5 Å². The van der Waals surface area contributed by atoms with Gasteiger partial charge in [0.2, 0.25) is 5.91 Å². The Kier molecular flexibility index (Phi) is 6.69. The van der Waals surface area contributed by atoms with Gasteiger partial charge in [0.15, 0.2) is 0 Å². The molecule has 1 atom stereocenters. The fraction of sp³-hybridized carbons (Fsp3) is 0.278. The third-order valence-electron chi connectivity index (χ3n) is 3.21. The molecule has 0 fully saturated rings. The van der Waals surface area contributed by atoms with Crippen LogP contribution in [0, 0.1) is 6.92 Å². The van der Waals surface area contributed by atoms with Crippen LogP contribution in [0.25, 0.3) is 6.08 Å². The van der Waals surface area contributed by atoms with Crippen LogP contribution < -0.4 is 5.32 Å². The third-order valence-corrected chi connectivity index (χ3v) is 4.09. The molecule has 1 amide bonds. The van der Waals surface area contributed by atoms with Gasteiger partial charge in [0.05, 0.1) is 11.6 Å². The lowest BCUT2D eigenvalue weighted by Crippen LogP contribution is -2.42. The van der Waals surface area contributed by atoms with Crippen LogP contribution in [0.3, 0.4) is 0 Å². The largest absolute Gasteiger partial charge is 0.464 e. The fourth-order valence-electron chi connectivity index (χ4n) is 2.12. The van der Waals surface area contributed by atoms with E-state index in [9.17, 15) is 9.59 Å². The van der Waals surface area contributed by atoms with Crippen molar-refractivity contribution in [1.82, 2.24) is 10.3 Å². The molecular formula is C18H20N2O3S. The summed E-state index contributed by atoms with van der Waals surface area (Å²) >= 11 is 1.50. The highest BCUT2D eigenvalue weighted by atomic mass is 32.1. The molecule has 0 unspecified atom stereocenters. The predicted octanol–water partition coefficient (Wildman–Crippen LogP) is 2.76. The van der Waals surface area contributed by atoms with Gasteiger partial charge < -0.3 is 10.1 Å². The summed E-state index contributed by atoms with van der Waals surface area (Å²) in [7, 11) is 0. The zero-order chi connectivity index (χ0) is 17.4. The van der Waals surface area contributed by atoms with Crippen molar-refractivity contribution in [2.75, 3.05) is 6.61 Å². The maximum atomic E-state index is 12.1. The fourth-order valence-corrected chi connectivity index (χ4v) is 2.81. The number of esters is 1. The standard InChI is InChI=1S/C18H20N2O3S/c1-3-23-18(22)16(11-14-7-5-4-6-8-14)20-17(21)10-9-15-12-19-13(2)24-15/h4-10,12,16H,3,11H2,1-2H3,(H,20,21)/b10-9+/t16-/m1/s1. The van der Waals surface area contributed by atoms with E-state index in [0.717, 1.165) is 15.4 Å². The minimum atomic E-state index is -0.715. The number of rotatable bonds is 7. The summed E-state index contributed by atoms with van der Waals surface area (Å²) in [4.78, 5) is 29.2. The first-order valence-electron chi connectivity index (χ1n) is 7.70. The number of hydrogen-bond acceptors (Lipinski definition) is 5. The number of amides is 1. The number of thiazole rings is 1. The highest BCUT2D eigenvalue weighted by Crippen LogP contribution is 2.13. The molecule has 1 aromatic heterocycles. The Labute approximate surface area is 145 Å². The molecule has 5 nitrogen and oxygen atoms in total. The SMILES string of the molecule is CCOC(=O)[C@@H](Cc1ccccc1)NC(=O)/C=C/c1cnc(C)s1. The van der Waals surface area contributed by atoms with Crippen molar-refractivity contribution in [1.29, 1.82) is 0 Å². The van der Waals surface area contributed by atoms with Gasteiger partial charge in [-0.2, -0.15) is 0 Å². The number of carbonyl (C=O) groups is 2. The number of benzene rings is 1. The van der Waals surface area contributed by atoms with Gasteiger partial charge >= 0.3 is 5.97 Å². The van der Waals surface area contributed by atoms with E-state index in [4.69, 9.17) is 4.74 Å². The monoisotopic (exact) mass is 344 g/mol. The molecule has 1 heterocycles. The Morgan fingerprint density at radius 1 is 1.33 bits per heavy atom. The van der Waals surface area contributed by atoms with Crippen LogP contribution in [0.1, 0.15) is 22.4 Å². The zero-order valence-electron chi connectivity index (χ0n) is 13.7. The molecule has 2 rings (SSSR count). The van der Waals surface area contributed by atoms with Gasteiger partial charge in [0, 0.05) is 23.6 Å². The van der Waals surface area contributed by atoms with E-state index in [0.29, 0.717) is 6.42 Å². The van der Waals surface area contributed by atoms with Gasteiger partial charge in [0.1, 0.15) is 6.04 Å². The second-order valence-corrected chi connectivity index (χ2v) is 6.38. The molecule has 0 aliphatic carbocycles. The van der Waals surface area contributed by atoms with Gasteiger partial charge in [-0.15, -0.1) is 11.3 Å². The molecule has 6 heteroatoms. The number of ether oxygens (including phenoxy) is 1. The zero-order valence-corrected chi connectivity index (χ0v) is 14.5. The van der Waals surface area contributed by atoms with E-state index in [-0.39, 0.29) is 12.5 Å². The molecule has 2 aromatic rings. The highest BCUT2D eigenvalue weighted by molar-refractivity contribution is 7.12. The van der Waals surface area contributed by atoms with Crippen molar-refractivity contribution in [2.45, 2.75) is 26.3 Å². The molecule has 126 valence electrons. The lowest BCUT2D eigenvalue weighted by Gasteiger charge is -2.16. The highest BCUT2D eigenvalue weighted by Gasteiger charge is 2.21. The van der Waals surface area contributed by atoms with Crippen LogP contribution in [0.5, 0.6) is 0 Å². The van der Waals surface area contributed by atoms with Crippen molar-refractivity contribution in [3.8, 4) is 0 Å². The summed E-state index contributed by atoms with van der Waals surface area (Å²) in [5.74, 6) is -0.772. The normalized spacial score (nSPS) is 12.1. The molecule has 0 aliphatic heterocycles. The summed E-state index contributed by atoms with van der Waals surface area (Å²) in [6.45, 7) is 3.92. The predicted molar refractivity (Wildman–Crippen MR) is 94.6 cm³/mol. The van der Waals surface area contributed by atoms with E-state index < -0.39 is 12.0 Å². The van der Waals surface area contributed by atoms with Crippen LogP contribution in [0.2, 0.25) is 0 Å². The molecule has 1 aromatic carbocycles. The van der Waals surface area contributed by atoms with Crippen molar-refractivity contribution < 1.29 is 14.3 Å². The van der Waals surface area contributed by atoms with Crippen LogP contribution in [-0.2, 0) is 20.7 Å². The first kappa shape index (κ1) is 17.9. The minimum absolute atomic E-state index is 0.274. The summed E-state index contributed by atoms with van der Waals surface area (Å²) in [6.07, 6.45) is 5.18. The van der Waals surface area contributed by atoms with Gasteiger partial charge in [-0.3, -0.25) is 4.79 Å². The Bertz CT molecular complexity index is 710. The lowest BCUT2D eigenvalue weighted by atomic mass is 10.1. The minimum Gasteiger partial charge on any atom is -0.464 e. The van der Waals surface area contributed by atoms with E-state index in [1.54, 1.807) is 19.2 Å². The van der Waals surface area contributed by atoms with Crippen LogP contribution in [0.4, 0.5) is 0 Å². The molecule has 0 saturated heterocycles. The van der Waals surface area contributed by atoms with Gasteiger partial charge in [-0.05, 0) is 25.5 Å². The van der Waals surface area contributed by atoms with Gasteiger partial charge in [-0.1, -0.05) is 30.3 Å². The maximum absolute atomic E-state index is 12.1. The van der Waals surface area contributed by atoms with Crippen LogP contribution in [0.15, 0.2) is 42.6 Å². The van der Waals surface area contributed by atoms with Crippen molar-refractivity contribution in [2.24, 2.45) is 0 Å². The number of aryl methyl sites for hydroxylation is 1. The number of carbonyl (C=O) groups excluding carboxylic acids is 2. The molecule has 24 heavy (non-hydrogen) atoms. The Morgan fingerprint density at radius 2 is 2.08 bits per heavy atom. The van der Waals surface area contributed by atoms with Gasteiger partial charge in [-0.25, -0.2) is 9.78 Å². The second kappa shape index (κ2) is 8.98. The first-order valence-corrected chi connectivity index (χ1v) is 8.51. The quantitative estimate of drug-likeness (QED) is 0.619. The first-order chi connectivity index (χ1) is 11.6.